The second-order valence-corrected chi connectivity index (χ2v) is 8.99. The number of thiazole rings is 1. The summed E-state index contributed by atoms with van der Waals surface area (Å²) in [4.78, 5) is 17.6. The van der Waals surface area contributed by atoms with Crippen molar-refractivity contribution in [2.24, 2.45) is 5.41 Å². The Balaban J connectivity index is 1.93. The molecule has 1 atom stereocenters. The summed E-state index contributed by atoms with van der Waals surface area (Å²) in [5, 5.41) is 6.06. The van der Waals surface area contributed by atoms with E-state index in [-0.39, 0.29) is 11.9 Å². The molecule has 1 N–H and O–H groups in total. The smallest absolute Gasteiger partial charge is 0.225 e. The van der Waals surface area contributed by atoms with Gasteiger partial charge in [-0.3, -0.25) is 4.79 Å². The van der Waals surface area contributed by atoms with Crippen molar-refractivity contribution >= 4 is 17.2 Å². The number of ether oxygens (including phenoxy) is 2. The van der Waals surface area contributed by atoms with Crippen LogP contribution in [0.25, 0.3) is 11.3 Å². The normalized spacial score (nSPS) is 12.3. The van der Waals surface area contributed by atoms with Crippen LogP contribution in [-0.4, -0.2) is 25.1 Å². The first-order valence-corrected chi connectivity index (χ1v) is 10.7. The molecule has 1 amide bonds. The van der Waals surface area contributed by atoms with Crippen molar-refractivity contribution in [3.05, 3.63) is 64.5 Å². The maximum Gasteiger partial charge on any atom is 0.225 e. The quantitative estimate of drug-likeness (QED) is 0.561. The Morgan fingerprint density at radius 2 is 1.83 bits per heavy atom. The van der Waals surface area contributed by atoms with Crippen molar-refractivity contribution in [3.8, 4) is 22.8 Å². The van der Waals surface area contributed by atoms with Crippen molar-refractivity contribution in [2.45, 2.75) is 33.2 Å². The third-order valence-electron chi connectivity index (χ3n) is 4.77. The third kappa shape index (κ3) is 5.19. The predicted octanol–water partition coefficient (Wildman–Crippen LogP) is 5.27. The molecule has 0 saturated heterocycles. The number of rotatable bonds is 7. The Morgan fingerprint density at radius 3 is 2.47 bits per heavy atom. The van der Waals surface area contributed by atoms with E-state index in [1.54, 1.807) is 25.6 Å². The van der Waals surface area contributed by atoms with Crippen LogP contribution in [0.4, 0.5) is 0 Å². The van der Waals surface area contributed by atoms with Crippen LogP contribution in [0.3, 0.4) is 0 Å². The maximum absolute atomic E-state index is 12.7. The molecule has 0 aliphatic rings. The molecule has 5 nitrogen and oxygen atoms in total. The largest absolute Gasteiger partial charge is 0.497 e. The molecule has 0 saturated carbocycles. The van der Waals surface area contributed by atoms with E-state index in [4.69, 9.17) is 14.5 Å². The van der Waals surface area contributed by atoms with Gasteiger partial charge in [0.1, 0.15) is 16.5 Å². The first-order valence-electron chi connectivity index (χ1n) is 9.84. The fourth-order valence-electron chi connectivity index (χ4n) is 3.01. The predicted molar refractivity (Wildman–Crippen MR) is 121 cm³/mol. The first-order chi connectivity index (χ1) is 14.3. The summed E-state index contributed by atoms with van der Waals surface area (Å²) in [5.41, 5.74) is 2.38. The molecule has 0 unspecified atom stereocenters. The molecule has 1 aromatic heterocycles. The Labute approximate surface area is 182 Å². The molecule has 2 aromatic carbocycles. The zero-order chi connectivity index (χ0) is 21.7. The van der Waals surface area contributed by atoms with Crippen LogP contribution in [0.2, 0.25) is 0 Å². The average Bonchev–Trinajstić information content (AvgIpc) is 3.22. The maximum atomic E-state index is 12.7. The molecule has 30 heavy (non-hydrogen) atoms. The summed E-state index contributed by atoms with van der Waals surface area (Å²) in [6.45, 7) is 5.74. The van der Waals surface area contributed by atoms with Gasteiger partial charge in [0, 0.05) is 22.4 Å². The van der Waals surface area contributed by atoms with E-state index in [0.717, 1.165) is 27.6 Å². The van der Waals surface area contributed by atoms with Gasteiger partial charge in [-0.1, -0.05) is 51.1 Å². The lowest BCUT2D eigenvalue weighted by molar-refractivity contribution is -0.129. The number of hydrogen-bond donors (Lipinski definition) is 1. The van der Waals surface area contributed by atoms with Crippen LogP contribution >= 0.6 is 11.3 Å². The second kappa shape index (κ2) is 9.30. The summed E-state index contributed by atoms with van der Waals surface area (Å²) < 4.78 is 10.8. The topological polar surface area (TPSA) is 60.5 Å². The molecule has 0 aliphatic carbocycles. The average molecular weight is 425 g/mol. The molecule has 6 heteroatoms. The van der Waals surface area contributed by atoms with Crippen molar-refractivity contribution in [1.29, 1.82) is 0 Å². The minimum absolute atomic E-state index is 0.00205. The number of methoxy groups -OCH3 is 2. The van der Waals surface area contributed by atoms with Gasteiger partial charge in [-0.25, -0.2) is 4.98 Å². The minimum Gasteiger partial charge on any atom is -0.497 e. The highest BCUT2D eigenvalue weighted by molar-refractivity contribution is 7.10. The SMILES string of the molecule is COc1ccc(-c2csc([C@H](Cc3ccccc3)NC(=O)C(C)(C)C)n2)c(OC)c1. The van der Waals surface area contributed by atoms with Gasteiger partial charge in [0.15, 0.2) is 0 Å². The molecular weight excluding hydrogens is 396 g/mol. The highest BCUT2D eigenvalue weighted by Gasteiger charge is 2.26. The van der Waals surface area contributed by atoms with Gasteiger partial charge in [-0.15, -0.1) is 11.3 Å². The van der Waals surface area contributed by atoms with Gasteiger partial charge < -0.3 is 14.8 Å². The van der Waals surface area contributed by atoms with Crippen molar-refractivity contribution < 1.29 is 14.3 Å². The van der Waals surface area contributed by atoms with Crippen LogP contribution in [0.15, 0.2) is 53.9 Å². The van der Waals surface area contributed by atoms with Gasteiger partial charge in [0.2, 0.25) is 5.91 Å². The lowest BCUT2D eigenvalue weighted by atomic mass is 9.94. The van der Waals surface area contributed by atoms with E-state index in [9.17, 15) is 4.79 Å². The summed E-state index contributed by atoms with van der Waals surface area (Å²) in [6, 6.07) is 15.6. The molecule has 0 aliphatic heterocycles. The van der Waals surface area contributed by atoms with Crippen LogP contribution in [0.5, 0.6) is 11.5 Å². The molecule has 3 aromatic rings. The standard InChI is InChI=1S/C24H28N2O3S/c1-24(2,3)23(27)26-19(13-16-9-7-6-8-10-16)22-25-20(15-30-22)18-12-11-17(28-4)14-21(18)29-5/h6-12,14-15,19H,13H2,1-5H3,(H,26,27)/t19-/m0/s1. The van der Waals surface area contributed by atoms with Crippen molar-refractivity contribution in [3.63, 3.8) is 0 Å². The minimum atomic E-state index is -0.478. The summed E-state index contributed by atoms with van der Waals surface area (Å²) in [5.74, 6) is 1.43. The van der Waals surface area contributed by atoms with Crippen LogP contribution in [-0.2, 0) is 11.2 Å². The van der Waals surface area contributed by atoms with E-state index in [0.29, 0.717) is 12.2 Å². The lowest BCUT2D eigenvalue weighted by Gasteiger charge is -2.23. The number of nitrogens with zero attached hydrogens (tertiary/aromatic N) is 1. The van der Waals surface area contributed by atoms with Crippen LogP contribution < -0.4 is 14.8 Å². The molecule has 0 radical (unpaired) electrons. The van der Waals surface area contributed by atoms with Gasteiger partial charge >= 0.3 is 0 Å². The van der Waals surface area contributed by atoms with E-state index in [1.807, 2.05) is 62.5 Å². The lowest BCUT2D eigenvalue weighted by Crippen LogP contribution is -2.38. The number of carbonyl (C=O) groups is 1. The summed E-state index contributed by atoms with van der Waals surface area (Å²) in [7, 11) is 3.26. The molecule has 0 bridgehead atoms. The number of nitrogens with one attached hydrogen (secondary N) is 1. The van der Waals surface area contributed by atoms with E-state index in [1.165, 1.54) is 0 Å². The molecule has 1 heterocycles. The number of carbonyl (C=O) groups excluding carboxylic acids is 1. The van der Waals surface area contributed by atoms with Gasteiger partial charge in [0.05, 0.1) is 26.0 Å². The van der Waals surface area contributed by atoms with Gasteiger partial charge in [-0.2, -0.15) is 0 Å². The molecule has 0 fully saturated rings. The fraction of sp³-hybridized carbons (Fsp3) is 0.333. The Hall–Kier alpha value is -2.86. The summed E-state index contributed by atoms with van der Waals surface area (Å²) >= 11 is 1.54. The van der Waals surface area contributed by atoms with E-state index in [2.05, 4.69) is 17.4 Å². The monoisotopic (exact) mass is 424 g/mol. The second-order valence-electron chi connectivity index (χ2n) is 8.10. The number of benzene rings is 2. The van der Waals surface area contributed by atoms with Crippen molar-refractivity contribution in [1.82, 2.24) is 10.3 Å². The Bertz CT molecular complexity index is 993. The number of aromatic nitrogens is 1. The molecule has 3 rings (SSSR count). The van der Waals surface area contributed by atoms with E-state index >= 15 is 0 Å². The molecular formula is C24H28N2O3S. The zero-order valence-corrected chi connectivity index (χ0v) is 18.9. The molecule has 0 spiro atoms. The van der Waals surface area contributed by atoms with Crippen LogP contribution in [0, 0.1) is 5.41 Å². The third-order valence-corrected chi connectivity index (χ3v) is 5.73. The highest BCUT2D eigenvalue weighted by Crippen LogP contribution is 2.35. The van der Waals surface area contributed by atoms with Crippen molar-refractivity contribution in [2.75, 3.05) is 14.2 Å². The number of amides is 1. The number of hydrogen-bond acceptors (Lipinski definition) is 5. The van der Waals surface area contributed by atoms with Gasteiger partial charge in [-0.05, 0) is 24.1 Å². The van der Waals surface area contributed by atoms with E-state index < -0.39 is 5.41 Å². The zero-order valence-electron chi connectivity index (χ0n) is 18.1. The van der Waals surface area contributed by atoms with Gasteiger partial charge in [0.25, 0.3) is 0 Å². The Morgan fingerprint density at radius 1 is 1.10 bits per heavy atom. The highest BCUT2D eigenvalue weighted by atomic mass is 32.1. The first kappa shape index (κ1) is 21.8. The van der Waals surface area contributed by atoms with Crippen LogP contribution in [0.1, 0.15) is 37.4 Å². The molecule has 158 valence electrons. The Kier molecular flexibility index (Phi) is 6.77. The fourth-order valence-corrected chi connectivity index (χ4v) is 3.88. The summed E-state index contributed by atoms with van der Waals surface area (Å²) in [6.07, 6.45) is 0.676.